The zero-order chi connectivity index (χ0) is 12.3. The van der Waals surface area contributed by atoms with E-state index in [4.69, 9.17) is 0 Å². The van der Waals surface area contributed by atoms with Crippen LogP contribution in [0.5, 0.6) is 0 Å². The van der Waals surface area contributed by atoms with E-state index < -0.39 is 0 Å². The number of rotatable bonds is 5. The first-order valence-corrected chi connectivity index (χ1v) is 7.54. The topological polar surface area (TPSA) is 37.8 Å². The molecular weight excluding hydrogens is 230 g/mol. The molecule has 0 radical (unpaired) electrons. The molecule has 1 saturated carbocycles. The molecule has 2 rings (SSSR count). The Morgan fingerprint density at radius 2 is 2.18 bits per heavy atom. The molecule has 0 aromatic carbocycles. The third-order valence-corrected chi connectivity index (χ3v) is 4.67. The molecule has 1 fully saturated rings. The maximum Gasteiger partial charge on any atom is 0.120 e. The molecule has 1 heterocycles. The summed E-state index contributed by atoms with van der Waals surface area (Å²) in [5.74, 6) is 1.48. The van der Waals surface area contributed by atoms with Gasteiger partial charge in [0.25, 0.3) is 0 Å². The third kappa shape index (κ3) is 3.49. The Balaban J connectivity index is 1.87. The zero-order valence-corrected chi connectivity index (χ0v) is 11.9. The fourth-order valence-electron chi connectivity index (χ4n) is 2.50. The zero-order valence-electron chi connectivity index (χ0n) is 11.1. The molecule has 2 atom stereocenters. The lowest BCUT2D eigenvalue weighted by atomic mass is 9.99. The smallest absolute Gasteiger partial charge is 0.120 e. The van der Waals surface area contributed by atoms with Crippen LogP contribution in [0.25, 0.3) is 0 Å². The Labute approximate surface area is 108 Å². The van der Waals surface area contributed by atoms with Crippen molar-refractivity contribution in [3.63, 3.8) is 0 Å². The summed E-state index contributed by atoms with van der Waals surface area (Å²) < 4.78 is 0. The highest BCUT2D eigenvalue weighted by Gasteiger charge is 2.27. The SMILES string of the molecule is CC(C)NCCc1nnc(C2CCCC2C)s1. The molecule has 96 valence electrons. The highest BCUT2D eigenvalue weighted by molar-refractivity contribution is 7.11. The summed E-state index contributed by atoms with van der Waals surface area (Å²) in [5.41, 5.74) is 0. The van der Waals surface area contributed by atoms with Crippen molar-refractivity contribution in [1.29, 1.82) is 0 Å². The van der Waals surface area contributed by atoms with Crippen molar-refractivity contribution in [2.75, 3.05) is 6.54 Å². The fraction of sp³-hybridized carbons (Fsp3) is 0.846. The monoisotopic (exact) mass is 253 g/mol. The molecule has 4 heteroatoms. The van der Waals surface area contributed by atoms with E-state index in [1.165, 1.54) is 29.3 Å². The molecule has 1 aliphatic carbocycles. The van der Waals surface area contributed by atoms with Crippen LogP contribution in [0.2, 0.25) is 0 Å². The number of hydrogen-bond acceptors (Lipinski definition) is 4. The van der Waals surface area contributed by atoms with Crippen LogP contribution < -0.4 is 5.32 Å². The van der Waals surface area contributed by atoms with Gasteiger partial charge in [-0.25, -0.2) is 0 Å². The lowest BCUT2D eigenvalue weighted by molar-refractivity contribution is 0.527. The van der Waals surface area contributed by atoms with E-state index in [0.29, 0.717) is 12.0 Å². The van der Waals surface area contributed by atoms with Gasteiger partial charge in [-0.05, 0) is 12.3 Å². The van der Waals surface area contributed by atoms with Gasteiger partial charge in [0.05, 0.1) is 0 Å². The summed E-state index contributed by atoms with van der Waals surface area (Å²) in [7, 11) is 0. The summed E-state index contributed by atoms with van der Waals surface area (Å²) in [5, 5.41) is 14.6. The van der Waals surface area contributed by atoms with Crippen LogP contribution in [0, 0.1) is 5.92 Å². The normalized spacial score (nSPS) is 24.7. The molecule has 0 saturated heterocycles. The minimum atomic E-state index is 0.553. The summed E-state index contributed by atoms with van der Waals surface area (Å²) in [6.07, 6.45) is 5.03. The number of aromatic nitrogens is 2. The van der Waals surface area contributed by atoms with E-state index in [-0.39, 0.29) is 0 Å². The van der Waals surface area contributed by atoms with Crippen LogP contribution in [0.15, 0.2) is 0 Å². The van der Waals surface area contributed by atoms with Gasteiger partial charge in [-0.15, -0.1) is 21.5 Å². The van der Waals surface area contributed by atoms with Crippen LogP contribution in [0.4, 0.5) is 0 Å². The first-order chi connectivity index (χ1) is 8.16. The largest absolute Gasteiger partial charge is 0.314 e. The van der Waals surface area contributed by atoms with Gasteiger partial charge >= 0.3 is 0 Å². The summed E-state index contributed by atoms with van der Waals surface area (Å²) in [6, 6.07) is 0.553. The molecular formula is C13H23N3S. The summed E-state index contributed by atoms with van der Waals surface area (Å²) >= 11 is 1.82. The molecule has 0 spiro atoms. The van der Waals surface area contributed by atoms with Crippen molar-refractivity contribution >= 4 is 11.3 Å². The van der Waals surface area contributed by atoms with E-state index in [9.17, 15) is 0 Å². The Morgan fingerprint density at radius 1 is 1.35 bits per heavy atom. The molecule has 0 amide bonds. The molecule has 1 aliphatic rings. The van der Waals surface area contributed by atoms with Gasteiger partial charge in [0.15, 0.2) is 0 Å². The lowest BCUT2D eigenvalue weighted by Crippen LogP contribution is -2.24. The Morgan fingerprint density at radius 3 is 2.82 bits per heavy atom. The third-order valence-electron chi connectivity index (χ3n) is 3.55. The van der Waals surface area contributed by atoms with Gasteiger partial charge in [-0.1, -0.05) is 33.6 Å². The molecule has 3 nitrogen and oxygen atoms in total. The maximum absolute atomic E-state index is 4.39. The second kappa shape index (κ2) is 5.91. The van der Waals surface area contributed by atoms with Crippen LogP contribution in [-0.4, -0.2) is 22.8 Å². The molecule has 2 unspecified atom stereocenters. The van der Waals surface area contributed by atoms with E-state index in [2.05, 4.69) is 36.3 Å². The predicted molar refractivity (Wildman–Crippen MR) is 72.5 cm³/mol. The van der Waals surface area contributed by atoms with Crippen molar-refractivity contribution in [2.24, 2.45) is 5.92 Å². The van der Waals surface area contributed by atoms with Gasteiger partial charge < -0.3 is 5.32 Å². The summed E-state index contributed by atoms with van der Waals surface area (Å²) in [4.78, 5) is 0. The second-order valence-electron chi connectivity index (χ2n) is 5.41. The molecule has 1 aromatic heterocycles. The lowest BCUT2D eigenvalue weighted by Gasteiger charge is -2.10. The van der Waals surface area contributed by atoms with Crippen LogP contribution in [-0.2, 0) is 6.42 Å². The number of nitrogens with zero attached hydrogens (tertiary/aromatic N) is 2. The Bertz CT molecular complexity index is 348. The maximum atomic E-state index is 4.39. The minimum absolute atomic E-state index is 0.553. The predicted octanol–water partition coefficient (Wildman–Crippen LogP) is 2.98. The molecule has 17 heavy (non-hydrogen) atoms. The van der Waals surface area contributed by atoms with Crippen LogP contribution in [0.3, 0.4) is 0 Å². The standard InChI is InChI=1S/C13H23N3S/c1-9(2)14-8-7-12-15-16-13(17-12)11-6-4-5-10(11)3/h9-11,14H,4-8H2,1-3H3. The molecule has 0 bridgehead atoms. The summed E-state index contributed by atoms with van der Waals surface area (Å²) in [6.45, 7) is 7.70. The second-order valence-corrected chi connectivity index (χ2v) is 6.50. The first-order valence-electron chi connectivity index (χ1n) is 6.72. The van der Waals surface area contributed by atoms with E-state index in [0.717, 1.165) is 18.9 Å². The number of nitrogens with one attached hydrogen (secondary N) is 1. The minimum Gasteiger partial charge on any atom is -0.314 e. The number of hydrogen-bond donors (Lipinski definition) is 1. The van der Waals surface area contributed by atoms with Gasteiger partial charge in [0.2, 0.25) is 0 Å². The van der Waals surface area contributed by atoms with Gasteiger partial charge in [0.1, 0.15) is 10.0 Å². The first kappa shape index (κ1) is 13.0. The van der Waals surface area contributed by atoms with Crippen molar-refractivity contribution < 1.29 is 0 Å². The quantitative estimate of drug-likeness (QED) is 0.876. The fourth-order valence-corrected chi connectivity index (χ4v) is 3.61. The van der Waals surface area contributed by atoms with Crippen molar-refractivity contribution in [3.05, 3.63) is 10.0 Å². The van der Waals surface area contributed by atoms with Crippen LogP contribution in [0.1, 0.15) is 56.0 Å². The van der Waals surface area contributed by atoms with E-state index in [1.54, 1.807) is 0 Å². The average molecular weight is 253 g/mol. The Kier molecular flexibility index (Phi) is 4.51. The van der Waals surface area contributed by atoms with Crippen molar-refractivity contribution in [2.45, 2.75) is 58.4 Å². The van der Waals surface area contributed by atoms with E-state index >= 15 is 0 Å². The van der Waals surface area contributed by atoms with Crippen molar-refractivity contribution in [3.8, 4) is 0 Å². The molecule has 1 aromatic rings. The van der Waals surface area contributed by atoms with E-state index in [1.807, 2.05) is 11.3 Å². The van der Waals surface area contributed by atoms with Crippen LogP contribution >= 0.6 is 11.3 Å². The highest BCUT2D eigenvalue weighted by Crippen LogP contribution is 2.40. The van der Waals surface area contributed by atoms with Gasteiger partial charge in [-0.3, -0.25) is 0 Å². The molecule has 0 aliphatic heterocycles. The Hall–Kier alpha value is -0.480. The molecule has 1 N–H and O–H groups in total. The average Bonchev–Trinajstić information content (AvgIpc) is 2.86. The highest BCUT2D eigenvalue weighted by atomic mass is 32.1. The van der Waals surface area contributed by atoms with Gasteiger partial charge in [0, 0.05) is 24.9 Å². The van der Waals surface area contributed by atoms with Gasteiger partial charge in [-0.2, -0.15) is 0 Å². The van der Waals surface area contributed by atoms with Crippen molar-refractivity contribution in [1.82, 2.24) is 15.5 Å².